The van der Waals surface area contributed by atoms with E-state index in [2.05, 4.69) is 10.6 Å². The highest BCUT2D eigenvalue weighted by molar-refractivity contribution is 5.96. The summed E-state index contributed by atoms with van der Waals surface area (Å²) in [5, 5.41) is 5.37. The summed E-state index contributed by atoms with van der Waals surface area (Å²) in [5.41, 5.74) is 0.449. The van der Waals surface area contributed by atoms with Gasteiger partial charge in [0.1, 0.15) is 24.7 Å². The molecule has 6 heteroatoms. The van der Waals surface area contributed by atoms with Crippen molar-refractivity contribution in [2.24, 2.45) is 0 Å². The van der Waals surface area contributed by atoms with Crippen LogP contribution in [0.25, 0.3) is 0 Å². The van der Waals surface area contributed by atoms with Crippen molar-refractivity contribution in [3.05, 3.63) is 60.2 Å². The second-order valence-corrected chi connectivity index (χ2v) is 5.24. The van der Waals surface area contributed by atoms with Crippen LogP contribution in [0.5, 0.6) is 11.5 Å². The Morgan fingerprint density at radius 3 is 2.24 bits per heavy atom. The first-order chi connectivity index (χ1) is 12.2. The van der Waals surface area contributed by atoms with Crippen molar-refractivity contribution in [2.75, 3.05) is 26.3 Å². The Bertz CT molecular complexity index is 689. The highest BCUT2D eigenvalue weighted by Gasteiger charge is 2.11. The number of hydrogen-bond donors (Lipinski definition) is 2. The molecule has 0 bridgehead atoms. The molecule has 25 heavy (non-hydrogen) atoms. The second-order valence-electron chi connectivity index (χ2n) is 5.24. The Kier molecular flexibility index (Phi) is 7.31. The normalized spacial score (nSPS) is 9.96. The van der Waals surface area contributed by atoms with Crippen molar-refractivity contribution >= 4 is 11.8 Å². The van der Waals surface area contributed by atoms with E-state index >= 15 is 0 Å². The fourth-order valence-corrected chi connectivity index (χ4v) is 2.12. The van der Waals surface area contributed by atoms with Crippen molar-refractivity contribution < 1.29 is 19.1 Å². The molecule has 2 N–H and O–H groups in total. The van der Waals surface area contributed by atoms with E-state index in [0.29, 0.717) is 37.6 Å². The van der Waals surface area contributed by atoms with Crippen LogP contribution in [0.2, 0.25) is 0 Å². The molecule has 0 aliphatic carbocycles. The molecule has 0 unspecified atom stereocenters. The molecule has 0 heterocycles. The van der Waals surface area contributed by atoms with Gasteiger partial charge in [-0.25, -0.2) is 0 Å². The fourth-order valence-electron chi connectivity index (χ4n) is 2.12. The maximum Gasteiger partial charge on any atom is 0.255 e. The van der Waals surface area contributed by atoms with E-state index < -0.39 is 0 Å². The van der Waals surface area contributed by atoms with Crippen molar-refractivity contribution in [1.82, 2.24) is 10.6 Å². The summed E-state index contributed by atoms with van der Waals surface area (Å²) >= 11 is 0. The quantitative estimate of drug-likeness (QED) is 0.684. The van der Waals surface area contributed by atoms with Gasteiger partial charge in [-0.15, -0.1) is 0 Å². The van der Waals surface area contributed by atoms with Crippen LogP contribution in [0.3, 0.4) is 0 Å². The maximum absolute atomic E-state index is 12.2. The van der Waals surface area contributed by atoms with Gasteiger partial charge in [0.05, 0.1) is 5.56 Å². The van der Waals surface area contributed by atoms with E-state index in [0.717, 1.165) is 5.75 Å². The zero-order chi connectivity index (χ0) is 17.9. The van der Waals surface area contributed by atoms with Crippen LogP contribution in [0.1, 0.15) is 17.3 Å². The van der Waals surface area contributed by atoms with Gasteiger partial charge >= 0.3 is 0 Å². The lowest BCUT2D eigenvalue weighted by Crippen LogP contribution is -2.33. The molecule has 0 saturated heterocycles. The number of benzene rings is 2. The minimum absolute atomic E-state index is 0.128. The Morgan fingerprint density at radius 1 is 0.840 bits per heavy atom. The third-order valence-electron chi connectivity index (χ3n) is 3.27. The number of nitrogens with one attached hydrogen (secondary N) is 2. The largest absolute Gasteiger partial charge is 0.490 e. The lowest BCUT2D eigenvalue weighted by atomic mass is 10.2. The average Bonchev–Trinajstić information content (AvgIpc) is 2.63. The second kappa shape index (κ2) is 9.97. The van der Waals surface area contributed by atoms with Crippen molar-refractivity contribution in [3.8, 4) is 11.5 Å². The molecule has 0 fully saturated rings. The van der Waals surface area contributed by atoms with Crippen LogP contribution in [-0.4, -0.2) is 38.1 Å². The molecule has 0 radical (unpaired) electrons. The lowest BCUT2D eigenvalue weighted by molar-refractivity contribution is -0.118. The molecule has 2 aromatic carbocycles. The zero-order valence-electron chi connectivity index (χ0n) is 14.2. The third-order valence-corrected chi connectivity index (χ3v) is 3.27. The van der Waals surface area contributed by atoms with E-state index in [-0.39, 0.29) is 11.8 Å². The molecular weight excluding hydrogens is 320 g/mol. The molecule has 132 valence electrons. The molecule has 2 rings (SSSR count). The Labute approximate surface area is 147 Å². The van der Waals surface area contributed by atoms with Crippen LogP contribution in [0.4, 0.5) is 0 Å². The van der Waals surface area contributed by atoms with Gasteiger partial charge in [0.15, 0.2) is 0 Å². The van der Waals surface area contributed by atoms with E-state index in [1.54, 1.807) is 18.2 Å². The minimum atomic E-state index is -0.245. The predicted octanol–water partition coefficient (Wildman–Crippen LogP) is 2.01. The monoisotopic (exact) mass is 342 g/mol. The summed E-state index contributed by atoms with van der Waals surface area (Å²) < 4.78 is 11.2. The summed E-state index contributed by atoms with van der Waals surface area (Å²) in [5.74, 6) is 0.896. The number of amides is 2. The SMILES string of the molecule is CC(=O)NCCNC(=O)c1ccccc1OCCOc1ccccc1. The van der Waals surface area contributed by atoms with Gasteiger partial charge in [0, 0.05) is 20.0 Å². The smallest absolute Gasteiger partial charge is 0.255 e. The van der Waals surface area contributed by atoms with Crippen LogP contribution in [0.15, 0.2) is 54.6 Å². The summed E-state index contributed by atoms with van der Waals surface area (Å²) in [6.07, 6.45) is 0. The van der Waals surface area contributed by atoms with Crippen LogP contribution in [-0.2, 0) is 4.79 Å². The van der Waals surface area contributed by atoms with Crippen molar-refractivity contribution in [2.45, 2.75) is 6.92 Å². The van der Waals surface area contributed by atoms with Gasteiger partial charge < -0.3 is 20.1 Å². The van der Waals surface area contributed by atoms with E-state index in [9.17, 15) is 9.59 Å². The highest BCUT2D eigenvalue weighted by Crippen LogP contribution is 2.18. The molecule has 0 spiro atoms. The Balaban J connectivity index is 1.80. The van der Waals surface area contributed by atoms with Crippen molar-refractivity contribution in [3.63, 3.8) is 0 Å². The molecule has 0 atom stereocenters. The summed E-state index contributed by atoms with van der Waals surface area (Å²) in [6.45, 7) is 2.87. The van der Waals surface area contributed by atoms with Gasteiger partial charge in [-0.05, 0) is 24.3 Å². The maximum atomic E-state index is 12.2. The number of ether oxygens (including phenoxy) is 2. The van der Waals surface area contributed by atoms with E-state index in [1.807, 2.05) is 36.4 Å². The minimum Gasteiger partial charge on any atom is -0.490 e. The Morgan fingerprint density at radius 2 is 1.48 bits per heavy atom. The van der Waals surface area contributed by atoms with Gasteiger partial charge in [-0.2, -0.15) is 0 Å². The first-order valence-electron chi connectivity index (χ1n) is 8.09. The lowest BCUT2D eigenvalue weighted by Gasteiger charge is -2.12. The molecule has 2 amide bonds. The summed E-state index contributed by atoms with van der Waals surface area (Å²) in [4.78, 5) is 23.0. The van der Waals surface area contributed by atoms with Gasteiger partial charge in [0.25, 0.3) is 5.91 Å². The number of para-hydroxylation sites is 2. The summed E-state index contributed by atoms with van der Waals surface area (Å²) in [6, 6.07) is 16.5. The molecule has 6 nitrogen and oxygen atoms in total. The first kappa shape index (κ1) is 18.3. The topological polar surface area (TPSA) is 76.7 Å². The number of carbonyl (C=O) groups is 2. The fraction of sp³-hybridized carbons (Fsp3) is 0.263. The van der Waals surface area contributed by atoms with Gasteiger partial charge in [-0.1, -0.05) is 30.3 Å². The average molecular weight is 342 g/mol. The highest BCUT2D eigenvalue weighted by atomic mass is 16.5. The summed E-state index contributed by atoms with van der Waals surface area (Å²) in [7, 11) is 0. The molecule has 0 aliphatic rings. The van der Waals surface area contributed by atoms with Crippen LogP contribution < -0.4 is 20.1 Å². The number of rotatable bonds is 9. The Hall–Kier alpha value is -3.02. The molecule has 0 saturated carbocycles. The zero-order valence-corrected chi connectivity index (χ0v) is 14.2. The predicted molar refractivity (Wildman–Crippen MR) is 94.9 cm³/mol. The third kappa shape index (κ3) is 6.55. The van der Waals surface area contributed by atoms with Gasteiger partial charge in [-0.3, -0.25) is 9.59 Å². The van der Waals surface area contributed by atoms with Crippen LogP contribution >= 0.6 is 0 Å². The van der Waals surface area contributed by atoms with E-state index in [4.69, 9.17) is 9.47 Å². The van der Waals surface area contributed by atoms with Crippen LogP contribution in [0, 0.1) is 0 Å². The standard InChI is InChI=1S/C19H22N2O4/c1-15(22)20-11-12-21-19(23)17-9-5-6-10-18(17)25-14-13-24-16-7-3-2-4-8-16/h2-10H,11-14H2,1H3,(H,20,22)(H,21,23). The van der Waals surface area contributed by atoms with Crippen molar-refractivity contribution in [1.29, 1.82) is 0 Å². The number of hydrogen-bond acceptors (Lipinski definition) is 4. The van der Waals surface area contributed by atoms with E-state index in [1.165, 1.54) is 6.92 Å². The molecule has 2 aromatic rings. The first-order valence-corrected chi connectivity index (χ1v) is 8.09. The van der Waals surface area contributed by atoms with Gasteiger partial charge in [0.2, 0.25) is 5.91 Å². The molecule has 0 aromatic heterocycles. The molecular formula is C19H22N2O4. The number of carbonyl (C=O) groups excluding carboxylic acids is 2. The molecule has 0 aliphatic heterocycles.